The molecule has 0 bridgehead atoms. The Morgan fingerprint density at radius 1 is 1.17 bits per heavy atom. The second kappa shape index (κ2) is 9.05. The molecule has 1 aromatic rings. The molecule has 0 heterocycles. The highest BCUT2D eigenvalue weighted by Gasteiger charge is 2.10. The Bertz CT molecular complexity index is 622. The van der Waals surface area contributed by atoms with Crippen molar-refractivity contribution in [2.45, 2.75) is 33.8 Å². The van der Waals surface area contributed by atoms with E-state index in [1.54, 1.807) is 38.1 Å². The Morgan fingerprint density at radius 2 is 1.78 bits per heavy atom. The van der Waals surface area contributed by atoms with Crippen LogP contribution in [0.25, 0.3) is 0 Å². The first-order valence-corrected chi connectivity index (χ1v) is 7.65. The van der Waals surface area contributed by atoms with Crippen LogP contribution in [0.2, 0.25) is 0 Å². The predicted octanol–water partition coefficient (Wildman–Crippen LogP) is 3.86. The van der Waals surface area contributed by atoms with Crippen molar-refractivity contribution in [3.63, 3.8) is 0 Å². The summed E-state index contributed by atoms with van der Waals surface area (Å²) in [6.07, 6.45) is 2.90. The van der Waals surface area contributed by atoms with Gasteiger partial charge in [0.2, 0.25) is 0 Å². The molecule has 1 rings (SSSR count). The molecule has 1 aromatic carbocycles. The van der Waals surface area contributed by atoms with E-state index in [9.17, 15) is 9.18 Å². The van der Waals surface area contributed by atoms with Gasteiger partial charge in [-0.25, -0.2) is 4.39 Å². The van der Waals surface area contributed by atoms with Gasteiger partial charge in [0.1, 0.15) is 11.6 Å². The zero-order valence-corrected chi connectivity index (χ0v) is 14.5. The Labute approximate surface area is 141 Å². The fourth-order valence-corrected chi connectivity index (χ4v) is 1.91. The number of benzene rings is 1. The molecule has 6 heteroatoms. The summed E-state index contributed by atoms with van der Waals surface area (Å²) in [5, 5.41) is 5.18. The van der Waals surface area contributed by atoms with Gasteiger partial charge < -0.3 is 10.1 Å². The number of carbonyl (C=O) groups excluding carboxylic acids is 1. The first-order valence-electron chi connectivity index (χ1n) is 7.25. The van der Waals surface area contributed by atoms with Crippen molar-refractivity contribution in [1.82, 2.24) is 10.6 Å². The molecule has 0 saturated carbocycles. The zero-order valence-electron chi connectivity index (χ0n) is 13.6. The summed E-state index contributed by atoms with van der Waals surface area (Å²) >= 11 is 5.02. The summed E-state index contributed by atoms with van der Waals surface area (Å²) in [5.41, 5.74) is 0.636. The van der Waals surface area contributed by atoms with Crippen LogP contribution in [0.5, 0.6) is 5.75 Å². The summed E-state index contributed by atoms with van der Waals surface area (Å²) in [5.74, 6) is -0.141. The average Bonchev–Trinajstić information content (AvgIpc) is 2.51. The van der Waals surface area contributed by atoms with E-state index < -0.39 is 5.83 Å². The van der Waals surface area contributed by atoms with E-state index in [2.05, 4.69) is 10.6 Å². The van der Waals surface area contributed by atoms with Gasteiger partial charge in [-0.1, -0.05) is 6.08 Å². The van der Waals surface area contributed by atoms with Crippen molar-refractivity contribution in [3.05, 3.63) is 53.5 Å². The zero-order chi connectivity index (χ0) is 17.4. The lowest BCUT2D eigenvalue weighted by atomic mass is 10.2. The highest BCUT2D eigenvalue weighted by atomic mass is 32.1. The van der Waals surface area contributed by atoms with Gasteiger partial charge in [-0.3, -0.25) is 10.1 Å². The van der Waals surface area contributed by atoms with Gasteiger partial charge in [0.05, 0.1) is 11.8 Å². The second-order valence-corrected chi connectivity index (χ2v) is 5.35. The molecule has 0 radical (unpaired) electrons. The molecular formula is C17H21FN2O2S. The first kappa shape index (κ1) is 18.8. The Balaban J connectivity index is 2.67. The molecule has 0 aromatic heterocycles. The van der Waals surface area contributed by atoms with Gasteiger partial charge in [-0.15, -0.1) is 0 Å². The molecule has 0 unspecified atom stereocenters. The number of hydrogen-bond donors (Lipinski definition) is 2. The van der Waals surface area contributed by atoms with Gasteiger partial charge in [0, 0.05) is 5.56 Å². The van der Waals surface area contributed by atoms with Crippen LogP contribution in [-0.2, 0) is 0 Å². The van der Waals surface area contributed by atoms with E-state index in [0.29, 0.717) is 11.3 Å². The van der Waals surface area contributed by atoms with Gasteiger partial charge in [-0.2, -0.15) is 0 Å². The summed E-state index contributed by atoms with van der Waals surface area (Å²) in [6, 6.07) is 6.70. The monoisotopic (exact) mass is 336 g/mol. The summed E-state index contributed by atoms with van der Waals surface area (Å²) in [4.78, 5) is 12.1. The van der Waals surface area contributed by atoms with Gasteiger partial charge in [-0.05, 0) is 70.3 Å². The average molecular weight is 336 g/mol. The minimum atomic E-state index is -0.445. The number of amides is 1. The summed E-state index contributed by atoms with van der Waals surface area (Å²) in [6.45, 7) is 7.09. The molecule has 0 atom stereocenters. The molecular weight excluding hydrogens is 315 g/mol. The maximum Gasteiger partial charge on any atom is 0.257 e. The van der Waals surface area contributed by atoms with Crippen LogP contribution in [0, 0.1) is 0 Å². The normalized spacial score (nSPS) is 12.1. The molecule has 0 saturated heterocycles. The molecule has 2 N–H and O–H groups in total. The highest BCUT2D eigenvalue weighted by Crippen LogP contribution is 2.14. The van der Waals surface area contributed by atoms with E-state index in [-0.39, 0.29) is 22.8 Å². The molecule has 0 aliphatic carbocycles. The Morgan fingerprint density at radius 3 is 2.26 bits per heavy atom. The van der Waals surface area contributed by atoms with Crippen LogP contribution in [0.1, 0.15) is 38.1 Å². The van der Waals surface area contributed by atoms with Crippen molar-refractivity contribution in [2.75, 3.05) is 0 Å². The van der Waals surface area contributed by atoms with Gasteiger partial charge >= 0.3 is 0 Å². The Hall–Kier alpha value is -2.21. The molecule has 23 heavy (non-hydrogen) atoms. The maximum atomic E-state index is 13.5. The number of halogens is 1. The van der Waals surface area contributed by atoms with Crippen LogP contribution >= 0.6 is 12.2 Å². The van der Waals surface area contributed by atoms with E-state index >= 15 is 0 Å². The molecule has 0 spiro atoms. The number of rotatable bonds is 5. The molecule has 0 fully saturated rings. The molecule has 0 aliphatic rings. The molecule has 4 nitrogen and oxygen atoms in total. The van der Waals surface area contributed by atoms with Crippen LogP contribution in [0.15, 0.2) is 47.9 Å². The fraction of sp³-hybridized carbons (Fsp3) is 0.294. The third-order valence-corrected chi connectivity index (χ3v) is 2.97. The van der Waals surface area contributed by atoms with Crippen molar-refractivity contribution in [2.24, 2.45) is 0 Å². The summed E-state index contributed by atoms with van der Waals surface area (Å²) < 4.78 is 19.0. The van der Waals surface area contributed by atoms with Gasteiger partial charge in [0.15, 0.2) is 5.11 Å². The number of ether oxygens (including phenoxy) is 1. The number of thiocarbonyl (C=S) groups is 1. The highest BCUT2D eigenvalue weighted by molar-refractivity contribution is 7.80. The lowest BCUT2D eigenvalue weighted by Gasteiger charge is -2.12. The third kappa shape index (κ3) is 6.20. The number of nitrogens with one attached hydrogen (secondary N) is 2. The van der Waals surface area contributed by atoms with Gasteiger partial charge in [0.25, 0.3) is 5.91 Å². The van der Waals surface area contributed by atoms with Crippen molar-refractivity contribution in [3.8, 4) is 5.75 Å². The second-order valence-electron chi connectivity index (χ2n) is 4.94. The minimum Gasteiger partial charge on any atom is -0.491 e. The maximum absolute atomic E-state index is 13.5. The smallest absolute Gasteiger partial charge is 0.257 e. The molecule has 124 valence electrons. The van der Waals surface area contributed by atoms with Crippen molar-refractivity contribution >= 4 is 23.2 Å². The first-order chi connectivity index (χ1) is 10.9. The van der Waals surface area contributed by atoms with Crippen molar-refractivity contribution in [1.29, 1.82) is 0 Å². The van der Waals surface area contributed by atoms with Crippen molar-refractivity contribution < 1.29 is 13.9 Å². The van der Waals surface area contributed by atoms with Crippen LogP contribution < -0.4 is 15.4 Å². The standard InChI is InChI=1S/C17H21FN2O2S/c1-5-14(18)15(6-2)19-17(23)20-16(21)12-7-9-13(10-8-12)22-11(3)4/h5-11H,1-4H3,(H2,19,20,21,23)/b14-5+,15-6+. The van der Waals surface area contributed by atoms with E-state index in [0.717, 1.165) is 0 Å². The molecule has 0 aliphatic heterocycles. The number of carbonyl (C=O) groups is 1. The van der Waals surface area contributed by atoms with Crippen LogP contribution in [0.3, 0.4) is 0 Å². The largest absolute Gasteiger partial charge is 0.491 e. The molecule has 1 amide bonds. The number of allylic oxidation sites excluding steroid dienone is 3. The van der Waals surface area contributed by atoms with Crippen LogP contribution in [0.4, 0.5) is 4.39 Å². The minimum absolute atomic E-state index is 0.0302. The quantitative estimate of drug-likeness (QED) is 0.633. The SMILES string of the molecule is C/C=C(F)\C(=C/C)NC(=S)NC(=O)c1ccc(OC(C)C)cc1. The predicted molar refractivity (Wildman–Crippen MR) is 94.0 cm³/mol. The third-order valence-electron chi connectivity index (χ3n) is 2.76. The Kier molecular flexibility index (Phi) is 7.41. The van der Waals surface area contributed by atoms with E-state index in [1.807, 2.05) is 13.8 Å². The van der Waals surface area contributed by atoms with Crippen LogP contribution in [-0.4, -0.2) is 17.1 Å². The van der Waals surface area contributed by atoms with E-state index in [4.69, 9.17) is 17.0 Å². The summed E-state index contributed by atoms with van der Waals surface area (Å²) in [7, 11) is 0. The lowest BCUT2D eigenvalue weighted by Crippen LogP contribution is -2.38. The lowest BCUT2D eigenvalue weighted by molar-refractivity contribution is 0.0977. The fourth-order valence-electron chi connectivity index (χ4n) is 1.71. The number of hydrogen-bond acceptors (Lipinski definition) is 3. The van der Waals surface area contributed by atoms with E-state index in [1.165, 1.54) is 12.2 Å². The topological polar surface area (TPSA) is 50.4 Å².